The van der Waals surface area contributed by atoms with E-state index in [1.807, 2.05) is 12.3 Å². The highest BCUT2D eigenvalue weighted by atomic mass is 32.2. The summed E-state index contributed by atoms with van der Waals surface area (Å²) in [5.74, 6) is 1.38. The minimum Gasteiger partial charge on any atom is -0.461 e. The first-order chi connectivity index (χ1) is 6.24. The van der Waals surface area contributed by atoms with Gasteiger partial charge in [0.05, 0.1) is 0 Å². The normalized spacial score (nSPS) is 21.4. The van der Waals surface area contributed by atoms with Crippen molar-refractivity contribution in [2.75, 3.05) is 18.6 Å². The van der Waals surface area contributed by atoms with Crippen LogP contribution in [0.1, 0.15) is 19.8 Å². The Morgan fingerprint density at radius 2 is 2.54 bits per heavy atom. The summed E-state index contributed by atoms with van der Waals surface area (Å²) in [6.45, 7) is 2.68. The molecule has 1 rings (SSSR count). The second-order valence-electron chi connectivity index (χ2n) is 3.40. The first-order valence-electron chi connectivity index (χ1n) is 4.59. The van der Waals surface area contributed by atoms with Crippen molar-refractivity contribution in [2.24, 2.45) is 5.92 Å². The van der Waals surface area contributed by atoms with Crippen molar-refractivity contribution in [1.82, 2.24) is 0 Å². The first kappa shape index (κ1) is 10.6. The van der Waals surface area contributed by atoms with Crippen LogP contribution < -0.4 is 0 Å². The lowest BCUT2D eigenvalue weighted by Crippen LogP contribution is -2.09. The van der Waals surface area contributed by atoms with Gasteiger partial charge in [0.2, 0.25) is 0 Å². The summed E-state index contributed by atoms with van der Waals surface area (Å²) in [5, 5.41) is 0. The molecule has 0 aromatic rings. The van der Waals surface area contributed by atoms with Gasteiger partial charge in [0.25, 0.3) is 0 Å². The number of esters is 1. The summed E-state index contributed by atoms with van der Waals surface area (Å²) in [5.41, 5.74) is 0.869. The third-order valence-electron chi connectivity index (χ3n) is 2.12. The maximum atomic E-state index is 11.4. The predicted molar refractivity (Wildman–Crippen MR) is 55.8 cm³/mol. The van der Waals surface area contributed by atoms with Gasteiger partial charge in [-0.2, -0.15) is 11.8 Å². The number of ether oxygens (including phenoxy) is 1. The third kappa shape index (κ3) is 3.43. The summed E-state index contributed by atoms with van der Waals surface area (Å²) in [4.78, 5) is 11.4. The fourth-order valence-corrected chi connectivity index (χ4v) is 1.61. The number of hydrogen-bond donors (Lipinski definition) is 0. The first-order valence-corrected chi connectivity index (χ1v) is 5.98. The highest BCUT2D eigenvalue weighted by Gasteiger charge is 2.19. The van der Waals surface area contributed by atoms with Gasteiger partial charge in [0.15, 0.2) is 0 Å². The molecule has 0 aromatic carbocycles. The summed E-state index contributed by atoms with van der Waals surface area (Å²) < 4.78 is 5.09. The maximum Gasteiger partial charge on any atom is 0.333 e. The zero-order valence-corrected chi connectivity index (χ0v) is 9.02. The molecule has 0 spiro atoms. The molecule has 0 unspecified atom stereocenters. The molecule has 0 saturated carbocycles. The quantitative estimate of drug-likeness (QED) is 0.514. The van der Waals surface area contributed by atoms with E-state index in [-0.39, 0.29) is 5.97 Å². The van der Waals surface area contributed by atoms with E-state index in [0.29, 0.717) is 12.5 Å². The fraction of sp³-hybridized carbons (Fsp3) is 0.700. The van der Waals surface area contributed by atoms with Gasteiger partial charge < -0.3 is 4.74 Å². The minimum absolute atomic E-state index is 0.113. The lowest BCUT2D eigenvalue weighted by Gasteiger charge is -2.04. The van der Waals surface area contributed by atoms with Crippen LogP contribution in [-0.2, 0) is 9.53 Å². The summed E-state index contributed by atoms with van der Waals surface area (Å²) >= 11 is 1.69. The van der Waals surface area contributed by atoms with E-state index in [1.54, 1.807) is 11.8 Å². The molecule has 0 radical (unpaired) electrons. The van der Waals surface area contributed by atoms with Crippen molar-refractivity contribution in [3.63, 3.8) is 0 Å². The number of carbonyl (C=O) groups excluding carboxylic acids is 1. The Bertz CT molecular complexity index is 211. The average molecular weight is 200 g/mol. The van der Waals surface area contributed by atoms with Crippen LogP contribution in [0.15, 0.2) is 11.6 Å². The van der Waals surface area contributed by atoms with Crippen LogP contribution in [0.2, 0.25) is 0 Å². The number of rotatable bonds is 4. The molecule has 1 aliphatic rings. The Morgan fingerprint density at radius 1 is 1.77 bits per heavy atom. The Balaban J connectivity index is 2.24. The van der Waals surface area contributed by atoms with Gasteiger partial charge in [0.1, 0.15) is 6.61 Å². The average Bonchev–Trinajstić information content (AvgIpc) is 2.52. The third-order valence-corrected chi connectivity index (χ3v) is 2.69. The molecule has 0 amide bonds. The Hall–Kier alpha value is -0.440. The smallest absolute Gasteiger partial charge is 0.333 e. The van der Waals surface area contributed by atoms with Crippen molar-refractivity contribution >= 4 is 17.7 Å². The fourth-order valence-electron chi connectivity index (χ4n) is 1.36. The Kier molecular flexibility index (Phi) is 4.36. The molecule has 1 atom stereocenters. The molecule has 3 heteroatoms. The van der Waals surface area contributed by atoms with Crippen LogP contribution in [-0.4, -0.2) is 24.6 Å². The van der Waals surface area contributed by atoms with Gasteiger partial charge in [-0.1, -0.05) is 13.0 Å². The molecule has 0 heterocycles. The largest absolute Gasteiger partial charge is 0.461 e. The molecule has 74 valence electrons. The van der Waals surface area contributed by atoms with E-state index in [2.05, 4.69) is 6.92 Å². The van der Waals surface area contributed by atoms with Gasteiger partial charge >= 0.3 is 5.97 Å². The molecule has 0 fully saturated rings. The maximum absolute atomic E-state index is 11.4. The minimum atomic E-state index is -0.113. The highest BCUT2D eigenvalue weighted by Crippen LogP contribution is 2.24. The van der Waals surface area contributed by atoms with E-state index in [4.69, 9.17) is 4.74 Å². The van der Waals surface area contributed by atoms with E-state index < -0.39 is 0 Å². The van der Waals surface area contributed by atoms with Crippen LogP contribution in [0.25, 0.3) is 0 Å². The van der Waals surface area contributed by atoms with Crippen LogP contribution >= 0.6 is 11.8 Å². The van der Waals surface area contributed by atoms with Gasteiger partial charge in [-0.05, 0) is 25.0 Å². The topological polar surface area (TPSA) is 26.3 Å². The monoisotopic (exact) mass is 200 g/mol. The van der Waals surface area contributed by atoms with E-state index in [9.17, 15) is 4.79 Å². The van der Waals surface area contributed by atoms with Crippen molar-refractivity contribution in [2.45, 2.75) is 19.8 Å². The molecular formula is C10H16O2S. The van der Waals surface area contributed by atoms with E-state index >= 15 is 0 Å². The van der Waals surface area contributed by atoms with Crippen LogP contribution in [0.5, 0.6) is 0 Å². The second-order valence-corrected chi connectivity index (χ2v) is 4.39. The molecule has 0 aromatic heterocycles. The predicted octanol–water partition coefficient (Wildman–Crippen LogP) is 2.25. The van der Waals surface area contributed by atoms with Gasteiger partial charge in [-0.25, -0.2) is 4.79 Å². The highest BCUT2D eigenvalue weighted by molar-refractivity contribution is 7.98. The van der Waals surface area contributed by atoms with Crippen LogP contribution in [0.3, 0.4) is 0 Å². The van der Waals surface area contributed by atoms with Crippen molar-refractivity contribution < 1.29 is 9.53 Å². The molecule has 0 N–H and O–H groups in total. The van der Waals surface area contributed by atoms with Crippen LogP contribution in [0, 0.1) is 5.92 Å². The summed E-state index contributed by atoms with van der Waals surface area (Å²) in [6, 6.07) is 0. The Morgan fingerprint density at radius 3 is 3.08 bits per heavy atom. The molecule has 0 saturated heterocycles. The zero-order valence-electron chi connectivity index (χ0n) is 8.21. The molecule has 0 bridgehead atoms. The van der Waals surface area contributed by atoms with Crippen molar-refractivity contribution in [3.8, 4) is 0 Å². The number of carbonyl (C=O) groups is 1. The summed E-state index contributed by atoms with van der Waals surface area (Å²) in [6.07, 6.45) is 5.92. The zero-order chi connectivity index (χ0) is 9.68. The van der Waals surface area contributed by atoms with Crippen molar-refractivity contribution in [1.29, 1.82) is 0 Å². The van der Waals surface area contributed by atoms with E-state index in [0.717, 1.165) is 24.2 Å². The van der Waals surface area contributed by atoms with Gasteiger partial charge in [-0.15, -0.1) is 0 Å². The SMILES string of the molecule is CSCCOC(=O)C1=CC[C@H](C)C1. The molecule has 1 aliphatic carbocycles. The number of hydrogen-bond acceptors (Lipinski definition) is 3. The lowest BCUT2D eigenvalue weighted by atomic mass is 10.1. The van der Waals surface area contributed by atoms with Crippen LogP contribution in [0.4, 0.5) is 0 Å². The molecule has 2 nitrogen and oxygen atoms in total. The van der Waals surface area contributed by atoms with Crippen molar-refractivity contribution in [3.05, 3.63) is 11.6 Å². The van der Waals surface area contributed by atoms with E-state index in [1.165, 1.54) is 0 Å². The van der Waals surface area contributed by atoms with Gasteiger partial charge in [-0.3, -0.25) is 0 Å². The number of allylic oxidation sites excluding steroid dienone is 1. The summed E-state index contributed by atoms with van der Waals surface area (Å²) in [7, 11) is 0. The molecular weight excluding hydrogens is 184 g/mol. The molecule has 13 heavy (non-hydrogen) atoms. The number of thioether (sulfide) groups is 1. The van der Waals surface area contributed by atoms with Gasteiger partial charge in [0, 0.05) is 11.3 Å². The molecule has 0 aliphatic heterocycles. The lowest BCUT2D eigenvalue weighted by molar-refractivity contribution is -0.138. The standard InChI is InChI=1S/C10H16O2S/c1-8-3-4-9(7-8)10(11)12-5-6-13-2/h4,8H,3,5-7H2,1-2H3/t8-/m0/s1. The second kappa shape index (κ2) is 5.32. The Labute approximate surface area is 83.7 Å².